The van der Waals surface area contributed by atoms with E-state index in [1.807, 2.05) is 37.7 Å². The fourth-order valence-corrected chi connectivity index (χ4v) is 2.79. The van der Waals surface area contributed by atoms with Gasteiger partial charge >= 0.3 is 0 Å². The molecule has 0 spiro atoms. The Bertz CT molecular complexity index is 715. The number of fused-ring (bicyclic) bond motifs is 1. The maximum absolute atomic E-state index is 5.77. The predicted molar refractivity (Wildman–Crippen MR) is 79.5 cm³/mol. The van der Waals surface area contributed by atoms with Gasteiger partial charge in [-0.25, -0.2) is 9.97 Å². The molecule has 2 aromatic heterocycles. The summed E-state index contributed by atoms with van der Waals surface area (Å²) in [5.74, 6) is 0.841. The number of imidazole rings is 1. The summed E-state index contributed by atoms with van der Waals surface area (Å²) < 4.78 is 0. The monoisotopic (exact) mass is 273 g/mol. The van der Waals surface area contributed by atoms with Gasteiger partial charge in [0.15, 0.2) is 0 Å². The van der Waals surface area contributed by atoms with Crippen molar-refractivity contribution < 1.29 is 0 Å². The number of thiazole rings is 1. The number of aryl methyl sites for hydroxylation is 1. The number of nitrogens with one attached hydrogen (secondary N) is 1. The van der Waals surface area contributed by atoms with Crippen molar-refractivity contribution in [2.45, 2.75) is 13.5 Å². The van der Waals surface area contributed by atoms with Gasteiger partial charge in [0.1, 0.15) is 0 Å². The molecule has 0 saturated heterocycles. The van der Waals surface area contributed by atoms with Crippen molar-refractivity contribution in [3.63, 3.8) is 0 Å². The Balaban J connectivity index is 1.89. The van der Waals surface area contributed by atoms with Crippen molar-refractivity contribution in [1.82, 2.24) is 15.0 Å². The standard InChI is InChI=1S/C13H15N5S/c1-8-12(19-7-15-8)6-18(2)13-16-10-4-3-9(14)5-11(10)17-13/h3-5,7H,6,14H2,1-2H3,(H,16,17). The van der Waals surface area contributed by atoms with E-state index in [4.69, 9.17) is 5.73 Å². The molecule has 3 N–H and O–H groups in total. The van der Waals surface area contributed by atoms with Crippen molar-refractivity contribution in [3.05, 3.63) is 34.3 Å². The highest BCUT2D eigenvalue weighted by Gasteiger charge is 2.10. The van der Waals surface area contributed by atoms with Crippen molar-refractivity contribution >= 4 is 34.0 Å². The predicted octanol–water partition coefficient (Wildman–Crippen LogP) is 2.55. The molecule has 3 rings (SSSR count). The maximum Gasteiger partial charge on any atom is 0.203 e. The van der Waals surface area contributed by atoms with Crippen LogP contribution >= 0.6 is 11.3 Å². The molecule has 0 aliphatic carbocycles. The van der Waals surface area contributed by atoms with Crippen LogP contribution in [0.1, 0.15) is 10.6 Å². The maximum atomic E-state index is 5.77. The summed E-state index contributed by atoms with van der Waals surface area (Å²) in [5.41, 5.74) is 11.4. The molecule has 0 fully saturated rings. The number of aromatic amines is 1. The molecule has 2 heterocycles. The van der Waals surface area contributed by atoms with Crippen LogP contribution in [0.2, 0.25) is 0 Å². The van der Waals surface area contributed by atoms with Gasteiger partial charge in [-0.3, -0.25) is 0 Å². The van der Waals surface area contributed by atoms with Crippen LogP contribution < -0.4 is 10.6 Å². The number of anilines is 2. The lowest BCUT2D eigenvalue weighted by molar-refractivity contribution is 0.888. The molecular weight excluding hydrogens is 258 g/mol. The molecule has 0 aliphatic rings. The topological polar surface area (TPSA) is 70.8 Å². The van der Waals surface area contributed by atoms with E-state index >= 15 is 0 Å². The number of H-pyrrole nitrogens is 1. The molecule has 0 amide bonds. The van der Waals surface area contributed by atoms with Crippen LogP contribution in [0.5, 0.6) is 0 Å². The molecule has 0 atom stereocenters. The van der Waals surface area contributed by atoms with Crippen LogP contribution in [-0.2, 0) is 6.54 Å². The van der Waals surface area contributed by atoms with Crippen LogP contribution in [0.4, 0.5) is 11.6 Å². The Morgan fingerprint density at radius 2 is 2.26 bits per heavy atom. The third kappa shape index (κ3) is 2.26. The zero-order valence-electron chi connectivity index (χ0n) is 10.8. The Morgan fingerprint density at radius 1 is 1.42 bits per heavy atom. The van der Waals surface area contributed by atoms with Crippen molar-refractivity contribution in [3.8, 4) is 0 Å². The summed E-state index contributed by atoms with van der Waals surface area (Å²) in [5, 5.41) is 0. The number of benzene rings is 1. The second kappa shape index (κ2) is 4.55. The fourth-order valence-electron chi connectivity index (χ4n) is 1.96. The first-order valence-corrected chi connectivity index (χ1v) is 6.87. The molecule has 19 heavy (non-hydrogen) atoms. The first-order valence-electron chi connectivity index (χ1n) is 5.99. The lowest BCUT2D eigenvalue weighted by Crippen LogP contribution is -2.17. The first kappa shape index (κ1) is 12.0. The summed E-state index contributed by atoms with van der Waals surface area (Å²) in [7, 11) is 2.01. The van der Waals surface area contributed by atoms with Crippen LogP contribution in [0.3, 0.4) is 0 Å². The van der Waals surface area contributed by atoms with Gasteiger partial charge in [-0.1, -0.05) is 0 Å². The molecule has 0 unspecified atom stereocenters. The number of nitrogens with zero attached hydrogens (tertiary/aromatic N) is 3. The number of aromatic nitrogens is 3. The lowest BCUT2D eigenvalue weighted by atomic mass is 10.3. The average Bonchev–Trinajstić information content (AvgIpc) is 2.96. The highest BCUT2D eigenvalue weighted by Crippen LogP contribution is 2.21. The highest BCUT2D eigenvalue weighted by atomic mass is 32.1. The lowest BCUT2D eigenvalue weighted by Gasteiger charge is -2.14. The van der Waals surface area contributed by atoms with Gasteiger partial charge in [0.05, 0.1) is 28.8 Å². The Labute approximate surface area is 115 Å². The summed E-state index contributed by atoms with van der Waals surface area (Å²) in [4.78, 5) is 15.4. The van der Waals surface area contributed by atoms with Gasteiger partial charge in [-0.2, -0.15) is 0 Å². The molecule has 0 radical (unpaired) electrons. The van der Waals surface area contributed by atoms with Gasteiger partial charge in [-0.05, 0) is 25.1 Å². The second-order valence-electron chi connectivity index (χ2n) is 4.55. The molecule has 0 aliphatic heterocycles. The van der Waals surface area contributed by atoms with Gasteiger partial charge < -0.3 is 15.6 Å². The minimum absolute atomic E-state index is 0.739. The van der Waals surface area contributed by atoms with E-state index in [0.29, 0.717) is 0 Å². The Kier molecular flexibility index (Phi) is 2.87. The van der Waals surface area contributed by atoms with E-state index in [-0.39, 0.29) is 0 Å². The zero-order valence-corrected chi connectivity index (χ0v) is 11.7. The average molecular weight is 273 g/mol. The molecule has 5 nitrogen and oxygen atoms in total. The van der Waals surface area contributed by atoms with E-state index in [1.165, 1.54) is 4.88 Å². The summed E-state index contributed by atoms with van der Waals surface area (Å²) in [6, 6.07) is 5.69. The smallest absolute Gasteiger partial charge is 0.203 e. The van der Waals surface area contributed by atoms with E-state index < -0.39 is 0 Å². The largest absolute Gasteiger partial charge is 0.399 e. The van der Waals surface area contributed by atoms with Gasteiger partial charge in [-0.15, -0.1) is 11.3 Å². The number of nitrogen functional groups attached to an aromatic ring is 1. The van der Waals surface area contributed by atoms with Crippen molar-refractivity contribution in [1.29, 1.82) is 0 Å². The third-order valence-corrected chi connectivity index (χ3v) is 4.00. The molecule has 0 saturated carbocycles. The van der Waals surface area contributed by atoms with Crippen molar-refractivity contribution in [2.24, 2.45) is 0 Å². The Morgan fingerprint density at radius 3 is 3.00 bits per heavy atom. The second-order valence-corrected chi connectivity index (χ2v) is 5.49. The highest BCUT2D eigenvalue weighted by molar-refractivity contribution is 7.09. The first-order chi connectivity index (χ1) is 9.13. The fraction of sp³-hybridized carbons (Fsp3) is 0.231. The summed E-state index contributed by atoms with van der Waals surface area (Å²) in [6.45, 7) is 2.82. The van der Waals surface area contributed by atoms with Gasteiger partial charge in [0.2, 0.25) is 5.95 Å². The zero-order chi connectivity index (χ0) is 13.4. The molecular formula is C13H15N5S. The number of rotatable bonds is 3. The summed E-state index contributed by atoms with van der Waals surface area (Å²) >= 11 is 1.67. The van der Waals surface area contributed by atoms with E-state index in [9.17, 15) is 0 Å². The number of hydrogen-bond donors (Lipinski definition) is 2. The normalized spacial score (nSPS) is 11.1. The number of nitrogens with two attached hydrogens (primary N) is 1. The molecule has 98 valence electrons. The van der Waals surface area contributed by atoms with Gasteiger partial charge in [0.25, 0.3) is 0 Å². The Hall–Kier alpha value is -2.08. The minimum Gasteiger partial charge on any atom is -0.399 e. The molecule has 0 bridgehead atoms. The minimum atomic E-state index is 0.739. The SMILES string of the molecule is Cc1ncsc1CN(C)c1nc2ccc(N)cc2[nH]1. The van der Waals surface area contributed by atoms with Crippen LogP contribution in [0, 0.1) is 6.92 Å². The van der Waals surface area contributed by atoms with E-state index in [1.54, 1.807) is 11.3 Å². The summed E-state index contributed by atoms with van der Waals surface area (Å²) in [6.07, 6.45) is 0. The van der Waals surface area contributed by atoms with E-state index in [0.717, 1.165) is 34.9 Å². The number of hydrogen-bond acceptors (Lipinski definition) is 5. The van der Waals surface area contributed by atoms with E-state index in [2.05, 4.69) is 19.9 Å². The molecule has 1 aromatic carbocycles. The van der Waals surface area contributed by atoms with Crippen LogP contribution in [0.15, 0.2) is 23.7 Å². The molecule has 3 aromatic rings. The van der Waals surface area contributed by atoms with Gasteiger partial charge in [0, 0.05) is 17.6 Å². The van der Waals surface area contributed by atoms with Crippen LogP contribution in [0.25, 0.3) is 11.0 Å². The van der Waals surface area contributed by atoms with Crippen molar-refractivity contribution in [2.75, 3.05) is 17.7 Å². The van der Waals surface area contributed by atoms with Crippen LogP contribution in [-0.4, -0.2) is 22.0 Å². The quantitative estimate of drug-likeness (QED) is 0.719. The third-order valence-electron chi connectivity index (χ3n) is 3.08. The molecule has 6 heteroatoms.